The number of likely N-dealkylation sites (tertiary alicyclic amines) is 1. The van der Waals surface area contributed by atoms with Crippen molar-refractivity contribution in [2.24, 2.45) is 11.3 Å². The zero-order valence-corrected chi connectivity index (χ0v) is 15.3. The Hall–Kier alpha value is -0.810. The minimum Gasteiger partial charge on any atom is -0.444 e. The third kappa shape index (κ3) is 6.30. The lowest BCUT2D eigenvalue weighted by molar-refractivity contribution is 0.0114. The number of hydrogen-bond acceptors (Lipinski definition) is 4. The normalized spacial score (nSPS) is 25.2. The van der Waals surface area contributed by atoms with Crippen LogP contribution in [0.1, 0.15) is 53.4 Å². The lowest BCUT2D eigenvalue weighted by Gasteiger charge is -2.40. The van der Waals surface area contributed by atoms with Crippen molar-refractivity contribution in [3.05, 3.63) is 0 Å². The Morgan fingerprint density at radius 1 is 1.35 bits per heavy atom. The van der Waals surface area contributed by atoms with E-state index in [-0.39, 0.29) is 11.5 Å². The zero-order valence-electron chi connectivity index (χ0n) is 15.3. The van der Waals surface area contributed by atoms with Crippen molar-refractivity contribution in [2.75, 3.05) is 39.4 Å². The van der Waals surface area contributed by atoms with Gasteiger partial charge in [0.15, 0.2) is 0 Å². The first kappa shape index (κ1) is 18.5. The van der Waals surface area contributed by atoms with Gasteiger partial charge in [-0.05, 0) is 57.8 Å². The van der Waals surface area contributed by atoms with E-state index in [1.54, 1.807) is 0 Å². The summed E-state index contributed by atoms with van der Waals surface area (Å²) >= 11 is 0. The predicted octanol–water partition coefficient (Wildman–Crippen LogP) is 3.04. The molecule has 2 rings (SSSR count). The fraction of sp³-hybridized carbons (Fsp3) is 0.944. The van der Waals surface area contributed by atoms with E-state index < -0.39 is 5.60 Å². The summed E-state index contributed by atoms with van der Waals surface area (Å²) in [6.45, 7) is 13.5. The lowest BCUT2D eigenvalue weighted by atomic mass is 9.80. The number of carbonyl (C=O) groups excluding carboxylic acids is 1. The Morgan fingerprint density at radius 2 is 2.04 bits per heavy atom. The maximum atomic E-state index is 12.1. The van der Waals surface area contributed by atoms with Crippen LogP contribution in [0.2, 0.25) is 0 Å². The quantitative estimate of drug-likeness (QED) is 0.863. The van der Waals surface area contributed by atoms with E-state index in [4.69, 9.17) is 9.47 Å². The monoisotopic (exact) mass is 326 g/mol. The van der Waals surface area contributed by atoms with Crippen LogP contribution < -0.4 is 5.32 Å². The molecule has 1 atom stereocenters. The van der Waals surface area contributed by atoms with Crippen LogP contribution in [0.15, 0.2) is 0 Å². The van der Waals surface area contributed by atoms with Gasteiger partial charge < -0.3 is 19.7 Å². The fourth-order valence-electron chi connectivity index (χ4n) is 3.28. The van der Waals surface area contributed by atoms with Gasteiger partial charge >= 0.3 is 6.09 Å². The SMILES string of the molecule is CC1(CNCC2CCCOC2)CCN(C(=O)OC(C)(C)C)CC1. The molecule has 0 aromatic carbocycles. The van der Waals surface area contributed by atoms with Crippen LogP contribution in [0.3, 0.4) is 0 Å². The minimum absolute atomic E-state index is 0.174. The molecule has 0 aromatic heterocycles. The number of carbonyl (C=O) groups is 1. The average molecular weight is 326 g/mol. The largest absolute Gasteiger partial charge is 0.444 e. The number of ether oxygens (including phenoxy) is 2. The highest BCUT2D eigenvalue weighted by molar-refractivity contribution is 5.68. The molecular formula is C18H34N2O3. The molecule has 2 saturated heterocycles. The molecule has 134 valence electrons. The van der Waals surface area contributed by atoms with Gasteiger partial charge in [0, 0.05) is 32.8 Å². The van der Waals surface area contributed by atoms with Gasteiger partial charge in [-0.25, -0.2) is 4.79 Å². The highest BCUT2D eigenvalue weighted by Gasteiger charge is 2.33. The number of amides is 1. The second-order valence-corrected chi connectivity index (χ2v) is 8.49. The van der Waals surface area contributed by atoms with Gasteiger partial charge in [0.25, 0.3) is 0 Å². The molecule has 23 heavy (non-hydrogen) atoms. The molecule has 0 aliphatic carbocycles. The molecule has 2 aliphatic heterocycles. The smallest absolute Gasteiger partial charge is 0.410 e. The molecule has 2 heterocycles. The van der Waals surface area contributed by atoms with E-state index in [0.29, 0.717) is 5.92 Å². The van der Waals surface area contributed by atoms with E-state index in [2.05, 4.69) is 12.2 Å². The van der Waals surface area contributed by atoms with E-state index in [1.807, 2.05) is 25.7 Å². The van der Waals surface area contributed by atoms with Crippen LogP contribution >= 0.6 is 0 Å². The number of nitrogens with one attached hydrogen (secondary N) is 1. The molecular weight excluding hydrogens is 292 g/mol. The lowest BCUT2D eigenvalue weighted by Crippen LogP contribution is -2.47. The van der Waals surface area contributed by atoms with E-state index in [1.165, 1.54) is 12.8 Å². The summed E-state index contributed by atoms with van der Waals surface area (Å²) in [4.78, 5) is 14.0. The van der Waals surface area contributed by atoms with E-state index >= 15 is 0 Å². The fourth-order valence-corrected chi connectivity index (χ4v) is 3.28. The van der Waals surface area contributed by atoms with E-state index in [9.17, 15) is 4.79 Å². The van der Waals surface area contributed by atoms with Crippen molar-refractivity contribution in [1.82, 2.24) is 10.2 Å². The van der Waals surface area contributed by atoms with Gasteiger partial charge in [-0.1, -0.05) is 6.92 Å². The zero-order chi connectivity index (χ0) is 16.9. The Labute approximate surface area is 141 Å². The summed E-state index contributed by atoms with van der Waals surface area (Å²) in [6.07, 6.45) is 4.35. The van der Waals surface area contributed by atoms with Crippen molar-refractivity contribution in [3.8, 4) is 0 Å². The molecule has 1 unspecified atom stereocenters. The molecule has 1 N–H and O–H groups in total. The minimum atomic E-state index is -0.415. The summed E-state index contributed by atoms with van der Waals surface area (Å²) in [5.74, 6) is 0.661. The maximum absolute atomic E-state index is 12.1. The Morgan fingerprint density at radius 3 is 2.61 bits per heavy atom. The van der Waals surface area contributed by atoms with Gasteiger partial charge in [0.05, 0.1) is 6.61 Å². The van der Waals surface area contributed by atoms with Crippen molar-refractivity contribution in [1.29, 1.82) is 0 Å². The number of hydrogen-bond donors (Lipinski definition) is 1. The summed E-state index contributed by atoms with van der Waals surface area (Å²) in [6, 6.07) is 0. The number of nitrogens with zero attached hydrogens (tertiary/aromatic N) is 1. The molecule has 2 aliphatic rings. The van der Waals surface area contributed by atoms with Crippen LogP contribution in [0.5, 0.6) is 0 Å². The van der Waals surface area contributed by atoms with Gasteiger partial charge in [-0.2, -0.15) is 0 Å². The Kier molecular flexibility index (Phi) is 6.32. The summed E-state index contributed by atoms with van der Waals surface area (Å²) in [5, 5.41) is 3.63. The number of piperidine rings is 1. The summed E-state index contributed by atoms with van der Waals surface area (Å²) in [5.41, 5.74) is -0.143. The molecule has 0 saturated carbocycles. The molecule has 1 amide bonds. The first-order valence-electron chi connectivity index (χ1n) is 9.04. The molecule has 0 aromatic rings. The maximum Gasteiger partial charge on any atom is 0.410 e. The summed E-state index contributed by atoms with van der Waals surface area (Å²) < 4.78 is 11.0. The van der Waals surface area contributed by atoms with Crippen LogP contribution in [-0.4, -0.2) is 56.0 Å². The second-order valence-electron chi connectivity index (χ2n) is 8.49. The van der Waals surface area contributed by atoms with Crippen molar-refractivity contribution >= 4 is 6.09 Å². The Bertz CT molecular complexity index is 378. The van der Waals surface area contributed by atoms with Crippen molar-refractivity contribution in [3.63, 3.8) is 0 Å². The average Bonchev–Trinajstić information content (AvgIpc) is 2.47. The second kappa shape index (κ2) is 7.84. The number of rotatable bonds is 4. The van der Waals surface area contributed by atoms with E-state index in [0.717, 1.165) is 52.2 Å². The third-order valence-electron chi connectivity index (χ3n) is 4.86. The first-order valence-corrected chi connectivity index (χ1v) is 9.04. The first-order chi connectivity index (χ1) is 10.8. The third-order valence-corrected chi connectivity index (χ3v) is 4.86. The van der Waals surface area contributed by atoms with Crippen molar-refractivity contribution < 1.29 is 14.3 Å². The molecule has 0 spiro atoms. The molecule has 0 bridgehead atoms. The molecule has 0 radical (unpaired) electrons. The van der Waals surface area contributed by atoms with Gasteiger partial charge in [0.2, 0.25) is 0 Å². The van der Waals surface area contributed by atoms with Crippen LogP contribution in [0.25, 0.3) is 0 Å². The predicted molar refractivity (Wildman–Crippen MR) is 91.6 cm³/mol. The van der Waals surface area contributed by atoms with Crippen LogP contribution in [-0.2, 0) is 9.47 Å². The van der Waals surface area contributed by atoms with Crippen molar-refractivity contribution in [2.45, 2.75) is 59.0 Å². The Balaban J connectivity index is 1.68. The van der Waals surface area contributed by atoms with Gasteiger partial charge in [0.1, 0.15) is 5.60 Å². The molecule has 5 heteroatoms. The highest BCUT2D eigenvalue weighted by Crippen LogP contribution is 2.31. The summed E-state index contributed by atoms with van der Waals surface area (Å²) in [7, 11) is 0. The van der Waals surface area contributed by atoms with Gasteiger partial charge in [-0.3, -0.25) is 0 Å². The van der Waals surface area contributed by atoms with Crippen LogP contribution in [0.4, 0.5) is 4.79 Å². The topological polar surface area (TPSA) is 50.8 Å². The van der Waals surface area contributed by atoms with Gasteiger partial charge in [-0.15, -0.1) is 0 Å². The van der Waals surface area contributed by atoms with Crippen LogP contribution in [0, 0.1) is 11.3 Å². The highest BCUT2D eigenvalue weighted by atomic mass is 16.6. The molecule has 2 fully saturated rings. The molecule has 5 nitrogen and oxygen atoms in total. The standard InChI is InChI=1S/C18H34N2O3/c1-17(2,3)23-16(21)20-9-7-18(4,8-10-20)14-19-12-15-6-5-11-22-13-15/h15,19H,5-14H2,1-4H3.